The molecule has 0 amide bonds. The highest BCUT2D eigenvalue weighted by atomic mass is 32.2. The van der Waals surface area contributed by atoms with Gasteiger partial charge in [0.15, 0.2) is 5.78 Å². The van der Waals surface area contributed by atoms with Crippen molar-refractivity contribution in [3.63, 3.8) is 0 Å². The molecule has 4 nitrogen and oxygen atoms in total. The van der Waals surface area contributed by atoms with E-state index in [2.05, 4.69) is 11.3 Å². The first-order chi connectivity index (χ1) is 12.6. The van der Waals surface area contributed by atoms with Crippen LogP contribution in [-0.4, -0.2) is 30.4 Å². The molecule has 0 spiro atoms. The third kappa shape index (κ3) is 4.14. The van der Waals surface area contributed by atoms with Gasteiger partial charge in [0.2, 0.25) is 0 Å². The standard InChI is InChI=1S/C20H18O4S2/c1-13(19(22)23-2)12-15-8-9-16(24-15)17(20-25-10-11-26-20)18(21)14-6-4-3-5-7-14/h3-9H,1,10-12H2,2H3. The lowest BCUT2D eigenvalue weighted by molar-refractivity contribution is -0.136. The SMILES string of the molecule is C=C(Cc1ccc(C(C(=O)c2ccccc2)=C2SCCS2)o1)C(=O)OC. The lowest BCUT2D eigenvalue weighted by atomic mass is 10.0. The van der Waals surface area contributed by atoms with Gasteiger partial charge in [-0.3, -0.25) is 4.79 Å². The van der Waals surface area contributed by atoms with Crippen LogP contribution in [0, 0.1) is 0 Å². The Morgan fingerprint density at radius 2 is 1.81 bits per heavy atom. The first kappa shape index (κ1) is 18.6. The van der Waals surface area contributed by atoms with Crippen LogP contribution < -0.4 is 0 Å². The van der Waals surface area contributed by atoms with Gasteiger partial charge in [-0.25, -0.2) is 4.79 Å². The molecule has 1 saturated heterocycles. The average Bonchev–Trinajstić information content (AvgIpc) is 3.35. The summed E-state index contributed by atoms with van der Waals surface area (Å²) in [6.45, 7) is 3.71. The number of furan rings is 1. The van der Waals surface area contributed by atoms with Crippen molar-refractivity contribution in [2.45, 2.75) is 6.42 Å². The van der Waals surface area contributed by atoms with Gasteiger partial charge in [0.05, 0.1) is 16.9 Å². The van der Waals surface area contributed by atoms with Crippen molar-refractivity contribution in [3.05, 3.63) is 75.9 Å². The van der Waals surface area contributed by atoms with Crippen LogP contribution in [0.25, 0.3) is 5.57 Å². The summed E-state index contributed by atoms with van der Waals surface area (Å²) in [5.74, 6) is 2.50. The van der Waals surface area contributed by atoms with Crippen molar-refractivity contribution in [1.29, 1.82) is 0 Å². The molecule has 134 valence electrons. The lowest BCUT2D eigenvalue weighted by Gasteiger charge is -2.08. The molecule has 1 aliphatic rings. The maximum absolute atomic E-state index is 13.1. The number of ketones is 1. The number of hydrogen-bond acceptors (Lipinski definition) is 6. The maximum Gasteiger partial charge on any atom is 0.333 e. The zero-order chi connectivity index (χ0) is 18.5. The quantitative estimate of drug-likeness (QED) is 0.411. The molecule has 2 heterocycles. The molecule has 0 bridgehead atoms. The summed E-state index contributed by atoms with van der Waals surface area (Å²) in [6, 6.07) is 12.7. The molecule has 6 heteroatoms. The molecule has 26 heavy (non-hydrogen) atoms. The largest absolute Gasteiger partial charge is 0.466 e. The van der Waals surface area contributed by atoms with Gasteiger partial charge in [-0.05, 0) is 12.1 Å². The molecule has 3 rings (SSSR count). The second-order valence-electron chi connectivity index (χ2n) is 5.59. The third-order valence-corrected chi connectivity index (χ3v) is 6.50. The van der Waals surface area contributed by atoms with Gasteiger partial charge in [-0.2, -0.15) is 0 Å². The van der Waals surface area contributed by atoms with E-state index in [-0.39, 0.29) is 12.2 Å². The number of esters is 1. The van der Waals surface area contributed by atoms with Gasteiger partial charge in [-0.15, -0.1) is 23.5 Å². The summed E-state index contributed by atoms with van der Waals surface area (Å²) in [5, 5.41) is 0. The Labute approximate surface area is 160 Å². The first-order valence-electron chi connectivity index (χ1n) is 8.05. The molecule has 1 aliphatic heterocycles. The Hall–Kier alpha value is -2.18. The molecule has 0 unspecified atom stereocenters. The Kier molecular flexibility index (Phi) is 6.06. The smallest absolute Gasteiger partial charge is 0.333 e. The predicted octanol–water partition coefficient (Wildman–Crippen LogP) is 4.58. The summed E-state index contributed by atoms with van der Waals surface area (Å²) < 4.78 is 11.5. The van der Waals surface area contributed by atoms with E-state index in [0.29, 0.717) is 28.2 Å². The molecule has 0 N–H and O–H groups in total. The number of Topliss-reactive ketones (excluding diaryl/α,β-unsaturated/α-hetero) is 1. The Bertz CT molecular complexity index is 857. The summed E-state index contributed by atoms with van der Waals surface area (Å²) in [4.78, 5) is 24.6. The normalized spacial score (nSPS) is 13.5. The maximum atomic E-state index is 13.1. The van der Waals surface area contributed by atoms with Crippen LogP contribution in [0.2, 0.25) is 0 Å². The number of carbonyl (C=O) groups is 2. The summed E-state index contributed by atoms with van der Waals surface area (Å²) in [6.07, 6.45) is 0.245. The molecule has 1 fully saturated rings. The molecule has 0 saturated carbocycles. The Balaban J connectivity index is 1.92. The van der Waals surface area contributed by atoms with Crippen molar-refractivity contribution in [1.82, 2.24) is 0 Å². The van der Waals surface area contributed by atoms with Crippen molar-refractivity contribution < 1.29 is 18.7 Å². The average molecular weight is 386 g/mol. The zero-order valence-electron chi connectivity index (χ0n) is 14.3. The van der Waals surface area contributed by atoms with Crippen LogP contribution >= 0.6 is 23.5 Å². The number of ether oxygens (including phenoxy) is 1. The van der Waals surface area contributed by atoms with Gasteiger partial charge in [0.25, 0.3) is 0 Å². The molecule has 0 aliphatic carbocycles. The molecule has 1 aromatic carbocycles. The zero-order valence-corrected chi connectivity index (χ0v) is 16.0. The van der Waals surface area contributed by atoms with E-state index in [1.165, 1.54) is 7.11 Å². The van der Waals surface area contributed by atoms with E-state index in [1.807, 2.05) is 18.2 Å². The van der Waals surface area contributed by atoms with E-state index in [4.69, 9.17) is 4.42 Å². The van der Waals surface area contributed by atoms with Crippen LogP contribution in [-0.2, 0) is 16.0 Å². The predicted molar refractivity (Wildman–Crippen MR) is 106 cm³/mol. The number of carbonyl (C=O) groups excluding carboxylic acids is 2. The van der Waals surface area contributed by atoms with Crippen LogP contribution in [0.15, 0.2) is 63.3 Å². The third-order valence-electron chi connectivity index (χ3n) is 3.79. The fourth-order valence-corrected chi connectivity index (χ4v) is 5.07. The van der Waals surface area contributed by atoms with Crippen molar-refractivity contribution in [2.24, 2.45) is 0 Å². The fourth-order valence-electron chi connectivity index (χ4n) is 2.53. The minimum atomic E-state index is -0.469. The van der Waals surface area contributed by atoms with E-state index in [9.17, 15) is 9.59 Å². The first-order valence-corrected chi connectivity index (χ1v) is 10.0. The number of methoxy groups -OCH3 is 1. The molecule has 0 radical (unpaired) electrons. The van der Waals surface area contributed by atoms with E-state index in [1.54, 1.807) is 47.8 Å². The van der Waals surface area contributed by atoms with E-state index >= 15 is 0 Å². The number of rotatable bonds is 6. The van der Waals surface area contributed by atoms with Gasteiger partial charge in [0, 0.05) is 29.1 Å². The monoisotopic (exact) mass is 386 g/mol. The minimum Gasteiger partial charge on any atom is -0.466 e. The van der Waals surface area contributed by atoms with Crippen LogP contribution in [0.4, 0.5) is 0 Å². The van der Waals surface area contributed by atoms with Crippen molar-refractivity contribution in [2.75, 3.05) is 18.6 Å². The molecular formula is C20H18O4S2. The molecule has 1 aromatic heterocycles. The van der Waals surface area contributed by atoms with Gasteiger partial charge in [0.1, 0.15) is 11.5 Å². The summed E-state index contributed by atoms with van der Waals surface area (Å²) in [5.41, 5.74) is 1.51. The van der Waals surface area contributed by atoms with E-state index in [0.717, 1.165) is 15.7 Å². The minimum absolute atomic E-state index is 0.0600. The Morgan fingerprint density at radius 3 is 2.46 bits per heavy atom. The van der Waals surface area contributed by atoms with Crippen molar-refractivity contribution in [3.8, 4) is 0 Å². The highest BCUT2D eigenvalue weighted by Gasteiger charge is 2.25. The number of hydrogen-bond donors (Lipinski definition) is 0. The topological polar surface area (TPSA) is 56.5 Å². The molecule has 0 atom stereocenters. The van der Waals surface area contributed by atoms with Crippen molar-refractivity contribution >= 4 is 40.8 Å². The van der Waals surface area contributed by atoms with Crippen LogP contribution in [0.1, 0.15) is 21.9 Å². The number of benzene rings is 1. The second-order valence-corrected chi connectivity index (χ2v) is 8.06. The highest BCUT2D eigenvalue weighted by molar-refractivity contribution is 8.25. The fraction of sp³-hybridized carbons (Fsp3) is 0.200. The molecular weight excluding hydrogens is 368 g/mol. The van der Waals surface area contributed by atoms with E-state index < -0.39 is 5.97 Å². The lowest BCUT2D eigenvalue weighted by Crippen LogP contribution is -2.05. The van der Waals surface area contributed by atoms with Gasteiger partial charge >= 0.3 is 5.97 Å². The number of thioether (sulfide) groups is 2. The van der Waals surface area contributed by atoms with Crippen LogP contribution in [0.3, 0.4) is 0 Å². The van der Waals surface area contributed by atoms with Gasteiger partial charge < -0.3 is 9.15 Å². The number of allylic oxidation sites excluding steroid dienone is 1. The summed E-state index contributed by atoms with van der Waals surface area (Å²) >= 11 is 3.34. The highest BCUT2D eigenvalue weighted by Crippen LogP contribution is 2.43. The second kappa shape index (κ2) is 8.47. The Morgan fingerprint density at radius 1 is 1.12 bits per heavy atom. The molecule has 2 aromatic rings. The van der Waals surface area contributed by atoms with Gasteiger partial charge in [-0.1, -0.05) is 36.9 Å². The van der Waals surface area contributed by atoms with Crippen LogP contribution in [0.5, 0.6) is 0 Å². The summed E-state index contributed by atoms with van der Waals surface area (Å²) in [7, 11) is 1.32.